The molecule has 0 atom stereocenters. The fourth-order valence-corrected chi connectivity index (χ4v) is 2.70. The Morgan fingerprint density at radius 1 is 1.05 bits per heavy atom. The van der Waals surface area contributed by atoms with Crippen molar-refractivity contribution >= 4 is 19.6 Å². The van der Waals surface area contributed by atoms with E-state index in [0.29, 0.717) is 5.41 Å². The summed E-state index contributed by atoms with van der Waals surface area (Å²) in [6, 6.07) is 0. The zero-order valence-corrected chi connectivity index (χ0v) is 21.4. The first-order valence-corrected chi connectivity index (χ1v) is 10.8. The van der Waals surface area contributed by atoms with Crippen molar-refractivity contribution in [2.75, 3.05) is 0 Å². The van der Waals surface area contributed by atoms with Gasteiger partial charge in [-0.2, -0.15) is 0 Å². The van der Waals surface area contributed by atoms with E-state index >= 15 is 0 Å². The van der Waals surface area contributed by atoms with Crippen LogP contribution >= 0.6 is 11.3 Å². The van der Waals surface area contributed by atoms with Gasteiger partial charge in [0.1, 0.15) is 0 Å². The fraction of sp³-hybridized carbons (Fsp3) is 0.706. The third kappa shape index (κ3) is 8.82. The quantitative estimate of drug-likeness (QED) is 0.407. The van der Waals surface area contributed by atoms with Crippen LogP contribution in [0.2, 0.25) is 0 Å². The van der Waals surface area contributed by atoms with E-state index in [9.17, 15) is 0 Å². The monoisotopic (exact) mass is 645 g/mol. The van der Waals surface area contributed by atoms with E-state index < -0.39 is 0 Å². The molecule has 0 aliphatic rings. The second-order valence-electron chi connectivity index (χ2n) is 8.14. The Balaban J connectivity index is 0.000000567. The van der Waals surface area contributed by atoms with Gasteiger partial charge in [0, 0.05) is 0 Å². The standard InChI is InChI=1S/C12H18NS.C5H9.2W/c1-11(2,3)7-9-8-13-10(14-9)12(4,5)6;1-5(2,3)4;;/h1-6H3;1-3H3;;/q2*-1;;. The first kappa shape index (κ1) is 21.7. The first-order valence-electron chi connectivity index (χ1n) is 7.01. The van der Waals surface area contributed by atoms with Crippen LogP contribution in [0.1, 0.15) is 72.2 Å². The van der Waals surface area contributed by atoms with E-state index in [-0.39, 0.29) is 10.8 Å². The Morgan fingerprint density at radius 2 is 1.48 bits per heavy atom. The van der Waals surface area contributed by atoms with Crippen LogP contribution < -0.4 is 0 Å². The van der Waals surface area contributed by atoms with Crippen molar-refractivity contribution in [1.29, 1.82) is 0 Å². The van der Waals surface area contributed by atoms with Gasteiger partial charge in [0.15, 0.2) is 0 Å². The van der Waals surface area contributed by atoms with Crippen LogP contribution in [-0.2, 0) is 44.1 Å². The van der Waals surface area contributed by atoms with E-state index in [1.807, 2.05) is 0 Å². The molecule has 21 heavy (non-hydrogen) atoms. The number of hydrogen-bond donors (Lipinski definition) is 0. The molecule has 0 spiro atoms. The predicted octanol–water partition coefficient (Wildman–Crippen LogP) is 4.61. The number of hydrogen-bond acceptors (Lipinski definition) is 2. The maximum absolute atomic E-state index is 4.41. The molecule has 0 aliphatic carbocycles. The molecule has 1 nitrogen and oxygen atoms in total. The summed E-state index contributed by atoms with van der Waals surface area (Å²) in [6.07, 6.45) is 3.17. The maximum atomic E-state index is 4.41. The van der Waals surface area contributed by atoms with Gasteiger partial charge in [-0.25, -0.2) is 0 Å². The molecule has 0 aromatic carbocycles. The number of thiazole rings is 1. The second-order valence-corrected chi connectivity index (χ2v) is 11.3. The Morgan fingerprint density at radius 3 is 1.71 bits per heavy atom. The summed E-state index contributed by atoms with van der Waals surface area (Å²) < 4.78 is 4.64. The number of nitrogens with zero attached hydrogens (tertiary/aromatic N) is 1. The van der Waals surface area contributed by atoms with Crippen molar-refractivity contribution in [1.82, 2.24) is 4.98 Å². The van der Waals surface area contributed by atoms with E-state index in [1.165, 1.54) is 52.5 Å². The van der Waals surface area contributed by atoms with Crippen molar-refractivity contribution in [2.24, 2.45) is 10.8 Å². The molecule has 0 fully saturated rings. The van der Waals surface area contributed by atoms with Gasteiger partial charge in [0.2, 0.25) is 0 Å². The van der Waals surface area contributed by atoms with E-state index in [2.05, 4.69) is 77.9 Å². The zero-order chi connectivity index (χ0) is 17.1. The number of rotatable bonds is 1. The normalized spacial score (nSPS) is 12.4. The number of aromatic nitrogens is 1. The Kier molecular flexibility index (Phi) is 8.31. The zero-order valence-electron chi connectivity index (χ0n) is 14.7. The Labute approximate surface area is 157 Å². The van der Waals surface area contributed by atoms with Gasteiger partial charge in [-0.3, -0.25) is 0 Å². The molecule has 0 unspecified atom stereocenters. The van der Waals surface area contributed by atoms with E-state index in [4.69, 9.17) is 0 Å². The average molecular weight is 645 g/mol. The van der Waals surface area contributed by atoms with Gasteiger partial charge in [-0.1, -0.05) is 0 Å². The predicted molar refractivity (Wildman–Crippen MR) is 87.7 cm³/mol. The molecule has 0 saturated heterocycles. The molecule has 1 aromatic rings. The Hall–Kier alpha value is 0.747. The van der Waals surface area contributed by atoms with Crippen LogP contribution in [-0.4, -0.2) is 13.3 Å². The molecule has 0 N–H and O–H groups in total. The molecule has 1 aromatic heterocycles. The van der Waals surface area contributed by atoms with Crippen molar-refractivity contribution in [3.63, 3.8) is 0 Å². The van der Waals surface area contributed by atoms with Gasteiger partial charge >= 0.3 is 158 Å². The summed E-state index contributed by atoms with van der Waals surface area (Å²) in [5.74, 6) is 0. The van der Waals surface area contributed by atoms with Crippen molar-refractivity contribution < 1.29 is 38.7 Å². The van der Waals surface area contributed by atoms with Crippen LogP contribution in [0.5, 0.6) is 0 Å². The van der Waals surface area contributed by atoms with Crippen LogP contribution in [0, 0.1) is 17.0 Å². The summed E-state index contributed by atoms with van der Waals surface area (Å²) in [4.78, 5) is 5.65. The van der Waals surface area contributed by atoms with Crippen molar-refractivity contribution in [3.05, 3.63) is 16.1 Å². The molecule has 120 valence electrons. The molecule has 0 radical (unpaired) electrons. The molecule has 1 heterocycles. The average Bonchev–Trinajstić information content (AvgIpc) is 2.75. The summed E-state index contributed by atoms with van der Waals surface area (Å²) >= 11 is 4.76. The minimum atomic E-state index is 0.146. The van der Waals surface area contributed by atoms with Crippen LogP contribution in [0.4, 0.5) is 0 Å². The second kappa shape index (κ2) is 8.03. The van der Waals surface area contributed by atoms with Gasteiger partial charge in [-0.15, -0.1) is 0 Å². The van der Waals surface area contributed by atoms with Gasteiger partial charge < -0.3 is 0 Å². The molecule has 0 aliphatic heterocycles. The Bertz CT molecular complexity index is 482. The summed E-state index contributed by atoms with van der Waals surface area (Å²) in [6.45, 7) is 19.8. The van der Waals surface area contributed by atoms with Gasteiger partial charge in [-0.05, 0) is 0 Å². The molecule has 4 heteroatoms. The molecular formula is C17H27NSW2-2. The molecular weight excluding hydrogens is 618 g/mol. The topological polar surface area (TPSA) is 12.9 Å². The molecule has 0 amide bonds. The third-order valence-electron chi connectivity index (χ3n) is 2.29. The fourth-order valence-electron chi connectivity index (χ4n) is 1.00. The van der Waals surface area contributed by atoms with Gasteiger partial charge in [0.25, 0.3) is 0 Å². The summed E-state index contributed by atoms with van der Waals surface area (Å²) in [5, 5.41) is 1.18. The van der Waals surface area contributed by atoms with Crippen LogP contribution in [0.3, 0.4) is 0 Å². The summed E-state index contributed by atoms with van der Waals surface area (Å²) in [7, 11) is 0. The van der Waals surface area contributed by atoms with Crippen LogP contribution in [0.15, 0.2) is 0 Å². The van der Waals surface area contributed by atoms with E-state index in [1.54, 1.807) is 11.3 Å². The van der Waals surface area contributed by atoms with Crippen molar-refractivity contribution in [3.8, 4) is 0 Å². The van der Waals surface area contributed by atoms with Gasteiger partial charge in [0.05, 0.1) is 0 Å². The van der Waals surface area contributed by atoms with Crippen LogP contribution in [0.25, 0.3) is 0 Å². The molecule has 0 saturated carbocycles. The SMILES string of the molecule is CC(C)(C)[C-]=[W].CC(C)(C)[C](=[W])c1[c-]nc(C(C)(C)C)s1. The molecule has 1 rings (SSSR count). The minimum absolute atomic E-state index is 0.146. The first-order chi connectivity index (χ1) is 9.18. The molecule has 0 bridgehead atoms. The van der Waals surface area contributed by atoms with E-state index in [0.717, 1.165) is 0 Å². The summed E-state index contributed by atoms with van der Waals surface area (Å²) in [5.41, 5.74) is 0.718. The van der Waals surface area contributed by atoms with Crippen molar-refractivity contribution in [2.45, 2.75) is 67.7 Å². The third-order valence-corrected chi connectivity index (χ3v) is 9.34.